The molecule has 3 saturated heterocycles. The maximum atomic E-state index is 14.1. The number of nitrogens with one attached hydrogen (secondary N) is 2. The van der Waals surface area contributed by atoms with Gasteiger partial charge in [-0.15, -0.1) is 11.8 Å². The number of fused-ring (bicyclic) bond motifs is 1. The van der Waals surface area contributed by atoms with Crippen molar-refractivity contribution in [3.63, 3.8) is 0 Å². The molecule has 2 aromatic rings. The van der Waals surface area contributed by atoms with E-state index < -0.39 is 47.3 Å². The van der Waals surface area contributed by atoms with Crippen molar-refractivity contribution < 1.29 is 43.2 Å². The van der Waals surface area contributed by atoms with Gasteiger partial charge in [-0.05, 0) is 81.3 Å². The zero-order chi connectivity index (χ0) is 34.4. The van der Waals surface area contributed by atoms with Crippen molar-refractivity contribution in [2.24, 2.45) is 5.92 Å². The number of rotatable bonds is 12. The molecule has 0 unspecified atom stereocenters. The molecule has 3 aliphatic heterocycles. The number of methoxy groups -OCH3 is 1. The van der Waals surface area contributed by atoms with Crippen LogP contribution in [-0.2, 0) is 41.5 Å². The van der Waals surface area contributed by atoms with E-state index in [0.29, 0.717) is 18.9 Å². The molecule has 5 rings (SSSR count). The summed E-state index contributed by atoms with van der Waals surface area (Å²) >= 11 is 1.46. The van der Waals surface area contributed by atoms with Crippen molar-refractivity contribution in [1.82, 2.24) is 15.5 Å². The summed E-state index contributed by atoms with van der Waals surface area (Å²) in [5, 5.41) is 17.4. The van der Waals surface area contributed by atoms with Crippen LogP contribution in [0.25, 0.3) is 0 Å². The van der Waals surface area contributed by atoms with Crippen LogP contribution in [0.3, 0.4) is 0 Å². The van der Waals surface area contributed by atoms with E-state index in [1.54, 1.807) is 24.3 Å². The number of amides is 3. The minimum atomic E-state index is -1.67. The summed E-state index contributed by atoms with van der Waals surface area (Å²) < 4.78 is 26.9. The fourth-order valence-electron chi connectivity index (χ4n) is 6.57. The van der Waals surface area contributed by atoms with Crippen LogP contribution in [-0.4, -0.2) is 96.2 Å². The summed E-state index contributed by atoms with van der Waals surface area (Å²) in [7, 11) is 1.53. The Morgan fingerprint density at radius 2 is 1.83 bits per heavy atom. The van der Waals surface area contributed by atoms with Gasteiger partial charge in [-0.3, -0.25) is 9.59 Å². The van der Waals surface area contributed by atoms with Crippen molar-refractivity contribution in [3.05, 3.63) is 64.7 Å². The third kappa shape index (κ3) is 8.43. The molecule has 12 nitrogen and oxygen atoms in total. The zero-order valence-corrected chi connectivity index (χ0v) is 29.0. The van der Waals surface area contributed by atoms with Gasteiger partial charge in [-0.2, -0.15) is 0 Å². The van der Waals surface area contributed by atoms with Gasteiger partial charge in [0.15, 0.2) is 19.2 Å². The van der Waals surface area contributed by atoms with Gasteiger partial charge in [0.2, 0.25) is 5.91 Å². The molecule has 262 valence electrons. The molecule has 3 heterocycles. The Hall–Kier alpha value is -3.36. The molecule has 48 heavy (non-hydrogen) atoms. The standard InChI is InChI=1S/C35H47N3O9S/c1-21-8-6-9-22(2)26(21)17-36-31(40)30-35(3,4)48-19-38(30)32(41)29(39)27(16-23-11-13-24(14-12-23)46-20-43-5)37-34(42)47-28-18-45-33-25(28)10-7-15-44-33/h6,8-9,11-14,25,27-30,33,39H,7,10,15-20H2,1-5H3,(H,36,40)(H,37,42)/t25-,27-,28-,29-,30+,33+/m0/s1. The van der Waals surface area contributed by atoms with Crippen molar-refractivity contribution in [2.45, 2.75) is 88.8 Å². The Morgan fingerprint density at radius 1 is 1.10 bits per heavy atom. The Bertz CT molecular complexity index is 1420. The Labute approximate surface area is 286 Å². The molecule has 0 saturated carbocycles. The van der Waals surface area contributed by atoms with Crippen LogP contribution in [0.1, 0.15) is 48.9 Å². The van der Waals surface area contributed by atoms with E-state index in [2.05, 4.69) is 10.6 Å². The zero-order valence-electron chi connectivity index (χ0n) is 28.2. The average molecular weight is 686 g/mol. The molecule has 2 aromatic carbocycles. The Balaban J connectivity index is 1.31. The minimum Gasteiger partial charge on any atom is -0.468 e. The Kier molecular flexibility index (Phi) is 11.9. The van der Waals surface area contributed by atoms with Crippen molar-refractivity contribution in [2.75, 3.05) is 33.0 Å². The van der Waals surface area contributed by atoms with Crippen LogP contribution in [0.5, 0.6) is 5.75 Å². The third-order valence-corrected chi connectivity index (χ3v) is 10.7. The van der Waals surface area contributed by atoms with E-state index in [9.17, 15) is 19.5 Å². The van der Waals surface area contributed by atoms with Crippen molar-refractivity contribution in [1.29, 1.82) is 0 Å². The monoisotopic (exact) mass is 685 g/mol. The summed E-state index contributed by atoms with van der Waals surface area (Å²) in [4.78, 5) is 42.5. The summed E-state index contributed by atoms with van der Waals surface area (Å²) in [5.74, 6) is -0.265. The second-order valence-corrected chi connectivity index (χ2v) is 14.7. The van der Waals surface area contributed by atoms with E-state index >= 15 is 0 Å². The summed E-state index contributed by atoms with van der Waals surface area (Å²) in [6.07, 6.45) is -1.61. The highest BCUT2D eigenvalue weighted by molar-refractivity contribution is 8.00. The van der Waals surface area contributed by atoms with Crippen LogP contribution in [0.4, 0.5) is 4.79 Å². The predicted octanol–water partition coefficient (Wildman–Crippen LogP) is 3.43. The van der Waals surface area contributed by atoms with E-state index in [1.165, 1.54) is 23.8 Å². The number of thioether (sulfide) groups is 1. The van der Waals surface area contributed by atoms with Gasteiger partial charge in [0, 0.05) is 30.9 Å². The highest BCUT2D eigenvalue weighted by Gasteiger charge is 2.50. The van der Waals surface area contributed by atoms with E-state index in [-0.39, 0.29) is 37.5 Å². The van der Waals surface area contributed by atoms with Gasteiger partial charge in [0.1, 0.15) is 17.9 Å². The number of hydrogen-bond donors (Lipinski definition) is 3. The molecule has 0 spiro atoms. The minimum absolute atomic E-state index is 0.0827. The second-order valence-electron chi connectivity index (χ2n) is 13.1. The number of nitrogens with zero attached hydrogens (tertiary/aromatic N) is 1. The molecule has 0 bridgehead atoms. The first kappa shape index (κ1) is 35.9. The van der Waals surface area contributed by atoms with Crippen LogP contribution >= 0.6 is 11.8 Å². The molecule has 0 aromatic heterocycles. The van der Waals surface area contributed by atoms with Gasteiger partial charge in [0.05, 0.1) is 18.5 Å². The maximum absolute atomic E-state index is 14.1. The number of aryl methyl sites for hydroxylation is 2. The number of benzene rings is 2. The number of aliphatic hydroxyl groups excluding tert-OH is 1. The third-order valence-electron chi connectivity index (χ3n) is 9.30. The van der Waals surface area contributed by atoms with Crippen LogP contribution in [0, 0.1) is 19.8 Å². The number of ether oxygens (including phenoxy) is 5. The number of alkyl carbamates (subject to hydrolysis) is 1. The molecule has 3 amide bonds. The fraction of sp³-hybridized carbons (Fsp3) is 0.571. The second kappa shape index (κ2) is 15.9. The molecule has 13 heteroatoms. The first-order chi connectivity index (χ1) is 23.0. The van der Waals surface area contributed by atoms with E-state index in [4.69, 9.17) is 23.7 Å². The highest BCUT2D eigenvalue weighted by Crippen LogP contribution is 2.40. The molecular weight excluding hydrogens is 638 g/mol. The lowest BCUT2D eigenvalue weighted by molar-refractivity contribution is -0.152. The normalized spacial score (nSPS) is 24.3. The van der Waals surface area contributed by atoms with Gasteiger partial charge in [-0.1, -0.05) is 30.3 Å². The quantitative estimate of drug-likeness (QED) is 0.284. The average Bonchev–Trinajstić information content (AvgIpc) is 3.62. The smallest absolute Gasteiger partial charge is 0.407 e. The van der Waals surface area contributed by atoms with Crippen molar-refractivity contribution in [3.8, 4) is 5.75 Å². The van der Waals surface area contributed by atoms with Gasteiger partial charge in [0.25, 0.3) is 5.91 Å². The topological polar surface area (TPSA) is 145 Å². The lowest BCUT2D eigenvalue weighted by Gasteiger charge is -2.33. The van der Waals surface area contributed by atoms with Gasteiger partial charge < -0.3 is 44.3 Å². The Morgan fingerprint density at radius 3 is 2.54 bits per heavy atom. The van der Waals surface area contributed by atoms with Gasteiger partial charge >= 0.3 is 6.09 Å². The molecule has 3 fully saturated rings. The maximum Gasteiger partial charge on any atom is 0.407 e. The number of carbonyl (C=O) groups is 3. The lowest BCUT2D eigenvalue weighted by Crippen LogP contribution is -2.58. The molecule has 3 aliphatic rings. The SMILES string of the molecule is COCOc1ccc(C[C@H](NC(=O)O[C@H]2CO[C@H]3OCCC[C@H]32)[C@H](O)C(=O)N2CSC(C)(C)[C@H]2C(=O)NCc2c(C)cccc2C)cc1. The van der Waals surface area contributed by atoms with E-state index in [1.807, 2.05) is 45.9 Å². The van der Waals surface area contributed by atoms with Crippen LogP contribution in [0.15, 0.2) is 42.5 Å². The largest absolute Gasteiger partial charge is 0.468 e. The van der Waals surface area contributed by atoms with Crippen LogP contribution in [0.2, 0.25) is 0 Å². The first-order valence-corrected chi connectivity index (χ1v) is 17.3. The lowest BCUT2D eigenvalue weighted by atomic mass is 9.96. The number of hydrogen-bond acceptors (Lipinski definition) is 10. The summed E-state index contributed by atoms with van der Waals surface area (Å²) in [6.45, 7) is 9.02. The molecule has 3 N–H and O–H groups in total. The highest BCUT2D eigenvalue weighted by atomic mass is 32.2. The number of carbonyl (C=O) groups excluding carboxylic acids is 3. The number of aliphatic hydroxyl groups is 1. The molecule has 0 radical (unpaired) electrons. The molecule has 6 atom stereocenters. The first-order valence-electron chi connectivity index (χ1n) is 16.3. The van der Waals surface area contributed by atoms with Crippen LogP contribution < -0.4 is 15.4 Å². The van der Waals surface area contributed by atoms with Gasteiger partial charge in [-0.25, -0.2) is 4.79 Å². The fourth-order valence-corrected chi connectivity index (χ4v) is 7.71. The molecule has 0 aliphatic carbocycles. The summed E-state index contributed by atoms with van der Waals surface area (Å²) in [6, 6.07) is 11.1. The predicted molar refractivity (Wildman–Crippen MR) is 179 cm³/mol. The van der Waals surface area contributed by atoms with E-state index in [0.717, 1.165) is 35.1 Å². The summed E-state index contributed by atoms with van der Waals surface area (Å²) in [5.41, 5.74) is 3.88. The van der Waals surface area contributed by atoms with Crippen molar-refractivity contribution >= 4 is 29.7 Å². The molecular formula is C35H47N3O9S.